The monoisotopic (exact) mass is 295 g/mol. The predicted molar refractivity (Wildman–Crippen MR) is 79.9 cm³/mol. The molecule has 6 heteroatoms. The molecular formula is C15H25N3O3. The van der Waals surface area contributed by atoms with Crippen molar-refractivity contribution in [3.63, 3.8) is 0 Å². The van der Waals surface area contributed by atoms with Gasteiger partial charge in [-0.1, -0.05) is 13.8 Å². The Bertz CT molecular complexity index is 489. The zero-order chi connectivity index (χ0) is 16.2. The fourth-order valence-electron chi connectivity index (χ4n) is 1.85. The van der Waals surface area contributed by atoms with Gasteiger partial charge in [-0.25, -0.2) is 4.79 Å². The molecule has 0 bridgehead atoms. The summed E-state index contributed by atoms with van der Waals surface area (Å²) < 4.78 is 7.05. The fourth-order valence-corrected chi connectivity index (χ4v) is 1.85. The minimum atomic E-state index is -0.694. The lowest BCUT2D eigenvalue weighted by atomic mass is 10.1. The molecule has 1 aromatic heterocycles. The van der Waals surface area contributed by atoms with Crippen molar-refractivity contribution in [2.75, 3.05) is 7.05 Å². The maximum absolute atomic E-state index is 12.0. The van der Waals surface area contributed by atoms with E-state index in [0.717, 1.165) is 12.8 Å². The number of rotatable bonds is 5. The Labute approximate surface area is 126 Å². The molecule has 1 unspecified atom stereocenters. The van der Waals surface area contributed by atoms with Gasteiger partial charge in [0.2, 0.25) is 0 Å². The molecule has 0 saturated heterocycles. The molecule has 21 heavy (non-hydrogen) atoms. The Morgan fingerprint density at radius 1 is 1.48 bits per heavy atom. The second-order valence-electron chi connectivity index (χ2n) is 6.56. The van der Waals surface area contributed by atoms with Crippen molar-refractivity contribution in [1.29, 1.82) is 0 Å². The van der Waals surface area contributed by atoms with Crippen LogP contribution in [0, 0.1) is 5.92 Å². The van der Waals surface area contributed by atoms with E-state index in [2.05, 4.69) is 18.9 Å². The highest BCUT2D eigenvalue weighted by Gasteiger charge is 2.27. The maximum atomic E-state index is 12.0. The van der Waals surface area contributed by atoms with E-state index < -0.39 is 17.7 Å². The van der Waals surface area contributed by atoms with Gasteiger partial charge in [-0.05, 0) is 26.7 Å². The Balaban J connectivity index is 2.84. The van der Waals surface area contributed by atoms with Gasteiger partial charge in [0.15, 0.2) is 0 Å². The molecule has 0 spiro atoms. The van der Waals surface area contributed by atoms with E-state index >= 15 is 0 Å². The third kappa shape index (κ3) is 5.21. The van der Waals surface area contributed by atoms with Crippen LogP contribution >= 0.6 is 0 Å². The standard InChI is InChI=1S/C15H25N3O3/c1-11(2)8-18-9-12(7-16-18)13(10-19)17(6)14(20)21-15(3,4)5/h7,9-11,13H,8H2,1-6H3. The number of carbonyl (C=O) groups is 2. The van der Waals surface area contributed by atoms with Crippen molar-refractivity contribution >= 4 is 12.4 Å². The van der Waals surface area contributed by atoms with Crippen LogP contribution in [0.1, 0.15) is 46.2 Å². The van der Waals surface area contributed by atoms with Crippen molar-refractivity contribution in [2.24, 2.45) is 5.92 Å². The molecule has 0 fully saturated rings. The number of hydrogen-bond acceptors (Lipinski definition) is 4. The summed E-state index contributed by atoms with van der Waals surface area (Å²) in [7, 11) is 1.55. The molecule has 1 heterocycles. The Hall–Kier alpha value is -1.85. The van der Waals surface area contributed by atoms with Crippen LogP contribution in [0.25, 0.3) is 0 Å². The minimum absolute atomic E-state index is 0.455. The maximum Gasteiger partial charge on any atom is 0.410 e. The summed E-state index contributed by atoms with van der Waals surface area (Å²) >= 11 is 0. The fraction of sp³-hybridized carbons (Fsp3) is 0.667. The minimum Gasteiger partial charge on any atom is -0.444 e. The van der Waals surface area contributed by atoms with E-state index in [1.165, 1.54) is 4.90 Å². The molecule has 1 rings (SSSR count). The van der Waals surface area contributed by atoms with Gasteiger partial charge in [0.05, 0.1) is 6.20 Å². The van der Waals surface area contributed by atoms with Crippen LogP contribution < -0.4 is 0 Å². The normalized spacial score (nSPS) is 13.1. The zero-order valence-corrected chi connectivity index (χ0v) is 13.7. The molecule has 0 saturated carbocycles. The molecule has 1 amide bonds. The van der Waals surface area contributed by atoms with E-state index in [0.29, 0.717) is 11.5 Å². The number of ether oxygens (including phenoxy) is 1. The Morgan fingerprint density at radius 2 is 2.10 bits per heavy atom. The predicted octanol–water partition coefficient (Wildman–Crippen LogP) is 2.65. The van der Waals surface area contributed by atoms with Crippen molar-refractivity contribution in [3.8, 4) is 0 Å². The lowest BCUT2D eigenvalue weighted by molar-refractivity contribution is -0.112. The Kier molecular flexibility index (Phi) is 5.52. The van der Waals surface area contributed by atoms with Gasteiger partial charge in [-0.2, -0.15) is 5.10 Å². The molecule has 0 aliphatic rings. The molecule has 0 aliphatic carbocycles. The first-order chi connectivity index (χ1) is 9.64. The molecule has 0 aromatic carbocycles. The van der Waals surface area contributed by atoms with E-state index in [9.17, 15) is 9.59 Å². The number of nitrogens with zero attached hydrogens (tertiary/aromatic N) is 3. The molecule has 6 nitrogen and oxygen atoms in total. The largest absolute Gasteiger partial charge is 0.444 e. The molecule has 1 atom stereocenters. The first-order valence-electron chi connectivity index (χ1n) is 7.07. The smallest absolute Gasteiger partial charge is 0.410 e. The van der Waals surface area contributed by atoms with Gasteiger partial charge in [0, 0.05) is 25.4 Å². The SMILES string of the molecule is CC(C)Cn1cc(C(C=O)N(C)C(=O)OC(C)(C)C)cn1. The highest BCUT2D eigenvalue weighted by molar-refractivity contribution is 5.74. The number of amides is 1. The summed E-state index contributed by atoms with van der Waals surface area (Å²) in [6, 6.07) is -0.694. The third-order valence-corrected chi connectivity index (χ3v) is 2.77. The average molecular weight is 295 g/mol. The number of likely N-dealkylation sites (N-methyl/N-ethyl adjacent to an activating group) is 1. The highest BCUT2D eigenvalue weighted by atomic mass is 16.6. The lowest BCUT2D eigenvalue weighted by Gasteiger charge is -2.27. The molecule has 0 radical (unpaired) electrons. The van der Waals surface area contributed by atoms with Crippen LogP contribution in [0.4, 0.5) is 4.79 Å². The van der Waals surface area contributed by atoms with Gasteiger partial charge in [0.1, 0.15) is 17.9 Å². The Morgan fingerprint density at radius 3 is 2.57 bits per heavy atom. The van der Waals surface area contributed by atoms with Gasteiger partial charge in [-0.15, -0.1) is 0 Å². The van der Waals surface area contributed by atoms with Crippen molar-refractivity contribution in [2.45, 2.75) is 52.8 Å². The van der Waals surface area contributed by atoms with Crippen LogP contribution in [-0.2, 0) is 16.1 Å². The summed E-state index contributed by atoms with van der Waals surface area (Å²) in [5, 5.41) is 4.22. The number of carbonyl (C=O) groups excluding carboxylic acids is 2. The second kappa shape index (κ2) is 6.74. The number of aldehydes is 1. The molecule has 0 aliphatic heterocycles. The third-order valence-electron chi connectivity index (χ3n) is 2.77. The number of hydrogen-bond donors (Lipinski definition) is 0. The van der Waals surface area contributed by atoms with Crippen LogP contribution in [0.5, 0.6) is 0 Å². The van der Waals surface area contributed by atoms with Gasteiger partial charge in [0.25, 0.3) is 0 Å². The lowest BCUT2D eigenvalue weighted by Crippen LogP contribution is -2.37. The zero-order valence-electron chi connectivity index (χ0n) is 13.7. The van der Waals surface area contributed by atoms with Gasteiger partial charge < -0.3 is 9.53 Å². The van der Waals surface area contributed by atoms with Crippen LogP contribution in [0.3, 0.4) is 0 Å². The summed E-state index contributed by atoms with van der Waals surface area (Å²) in [6.07, 6.45) is 3.60. The molecule has 0 N–H and O–H groups in total. The highest BCUT2D eigenvalue weighted by Crippen LogP contribution is 2.20. The van der Waals surface area contributed by atoms with Crippen molar-refractivity contribution < 1.29 is 14.3 Å². The molecule has 1 aromatic rings. The van der Waals surface area contributed by atoms with Crippen molar-refractivity contribution in [1.82, 2.24) is 14.7 Å². The summed E-state index contributed by atoms with van der Waals surface area (Å²) in [4.78, 5) is 24.7. The first-order valence-corrected chi connectivity index (χ1v) is 7.07. The summed E-state index contributed by atoms with van der Waals surface area (Å²) in [6.45, 7) is 10.3. The van der Waals surface area contributed by atoms with Crippen LogP contribution in [0.2, 0.25) is 0 Å². The molecule has 118 valence electrons. The molecular weight excluding hydrogens is 270 g/mol. The summed E-state index contributed by atoms with van der Waals surface area (Å²) in [5.74, 6) is 0.455. The quantitative estimate of drug-likeness (QED) is 0.783. The topological polar surface area (TPSA) is 64.4 Å². The average Bonchev–Trinajstić information content (AvgIpc) is 2.75. The van der Waals surface area contributed by atoms with Crippen molar-refractivity contribution in [3.05, 3.63) is 18.0 Å². The van der Waals surface area contributed by atoms with Crippen LogP contribution in [-0.4, -0.2) is 39.7 Å². The summed E-state index contributed by atoms with van der Waals surface area (Å²) in [5.41, 5.74) is 0.0830. The van der Waals surface area contributed by atoms with E-state index in [4.69, 9.17) is 4.74 Å². The van der Waals surface area contributed by atoms with E-state index in [-0.39, 0.29) is 0 Å². The van der Waals surface area contributed by atoms with Gasteiger partial charge >= 0.3 is 6.09 Å². The first kappa shape index (κ1) is 17.2. The van der Waals surface area contributed by atoms with E-state index in [1.54, 1.807) is 44.9 Å². The van der Waals surface area contributed by atoms with Crippen LogP contribution in [0.15, 0.2) is 12.4 Å². The van der Waals surface area contributed by atoms with Gasteiger partial charge in [-0.3, -0.25) is 9.58 Å². The second-order valence-corrected chi connectivity index (χ2v) is 6.56. The van der Waals surface area contributed by atoms with E-state index in [1.807, 2.05) is 0 Å². The number of aromatic nitrogens is 2.